The van der Waals surface area contributed by atoms with Crippen molar-refractivity contribution in [3.8, 4) is 0 Å². The van der Waals surface area contributed by atoms with Crippen LogP contribution in [0.3, 0.4) is 0 Å². The van der Waals surface area contributed by atoms with Gasteiger partial charge in [-0.15, -0.1) is 0 Å². The van der Waals surface area contributed by atoms with Crippen LogP contribution in [-0.2, 0) is 9.47 Å². The lowest BCUT2D eigenvalue weighted by Crippen LogP contribution is -2.08. The van der Waals surface area contributed by atoms with Gasteiger partial charge in [0.15, 0.2) is 0 Å². The molecule has 0 spiro atoms. The van der Waals surface area contributed by atoms with E-state index in [-0.39, 0.29) is 0 Å². The Balaban J connectivity index is 1.69. The monoisotopic (exact) mass is 307 g/mol. The van der Waals surface area contributed by atoms with E-state index in [0.717, 1.165) is 22.5 Å². The second-order valence-electron chi connectivity index (χ2n) is 5.29. The third-order valence-corrected chi connectivity index (χ3v) is 3.76. The van der Waals surface area contributed by atoms with Crippen molar-refractivity contribution in [3.63, 3.8) is 0 Å². The average Bonchev–Trinajstić information content (AvgIpc) is 3.30. The first-order valence-corrected chi connectivity index (χ1v) is 7.72. The van der Waals surface area contributed by atoms with Crippen LogP contribution in [0.4, 0.5) is 11.4 Å². The highest BCUT2D eigenvalue weighted by molar-refractivity contribution is 6.04. The number of nitrogens with one attached hydrogen (secondary N) is 1. The number of hydrogen-bond donors (Lipinski definition) is 1. The van der Waals surface area contributed by atoms with E-state index in [1.54, 1.807) is 0 Å². The van der Waals surface area contributed by atoms with Crippen LogP contribution >= 0.6 is 0 Å². The van der Waals surface area contributed by atoms with Crippen LogP contribution in [0.2, 0.25) is 0 Å². The molecule has 116 valence electrons. The van der Waals surface area contributed by atoms with Gasteiger partial charge in [-0.05, 0) is 24.3 Å². The van der Waals surface area contributed by atoms with Crippen LogP contribution in [-0.4, -0.2) is 38.1 Å². The molecule has 5 nitrogen and oxygen atoms in total. The van der Waals surface area contributed by atoms with Crippen molar-refractivity contribution < 1.29 is 9.47 Å². The number of aliphatic imine (C=N–C) groups is 2. The summed E-state index contributed by atoms with van der Waals surface area (Å²) in [4.78, 5) is 8.83. The first-order chi connectivity index (χ1) is 11.4. The molecule has 0 atom stereocenters. The number of para-hydroxylation sites is 2. The maximum Gasteiger partial charge on any atom is 0.218 e. The second-order valence-corrected chi connectivity index (χ2v) is 5.29. The third kappa shape index (κ3) is 2.77. The van der Waals surface area contributed by atoms with Crippen LogP contribution < -0.4 is 5.32 Å². The van der Waals surface area contributed by atoms with E-state index in [9.17, 15) is 0 Å². The SMILES string of the molecule is c1ccc(C2=NCCO2)c(Nc2ccccc2C2=NCCO2)c1. The van der Waals surface area contributed by atoms with Crippen molar-refractivity contribution in [2.45, 2.75) is 0 Å². The molecule has 0 amide bonds. The zero-order chi connectivity index (χ0) is 15.5. The summed E-state index contributed by atoms with van der Waals surface area (Å²) in [6, 6.07) is 16.0. The number of hydrogen-bond acceptors (Lipinski definition) is 5. The summed E-state index contributed by atoms with van der Waals surface area (Å²) >= 11 is 0. The standard InChI is InChI=1S/C18H17N3O2/c1-3-7-15(13(5-1)17-19-9-11-22-17)21-16-8-4-2-6-14(16)18-20-10-12-23-18/h1-8,21H,9-12H2. The molecule has 2 aromatic carbocycles. The zero-order valence-corrected chi connectivity index (χ0v) is 12.7. The highest BCUT2D eigenvalue weighted by Gasteiger charge is 2.17. The molecule has 0 fully saturated rings. The van der Waals surface area contributed by atoms with E-state index < -0.39 is 0 Å². The molecule has 0 aliphatic carbocycles. The van der Waals surface area contributed by atoms with Crippen molar-refractivity contribution in [1.82, 2.24) is 0 Å². The summed E-state index contributed by atoms with van der Waals surface area (Å²) in [7, 11) is 0. The summed E-state index contributed by atoms with van der Waals surface area (Å²) in [6.45, 7) is 2.71. The molecular formula is C18H17N3O2. The summed E-state index contributed by atoms with van der Waals surface area (Å²) in [5, 5.41) is 3.47. The Bertz CT molecular complexity index is 718. The summed E-state index contributed by atoms with van der Waals surface area (Å²) < 4.78 is 11.2. The van der Waals surface area contributed by atoms with Crippen LogP contribution in [0.25, 0.3) is 0 Å². The van der Waals surface area contributed by atoms with Gasteiger partial charge in [0, 0.05) is 0 Å². The van der Waals surface area contributed by atoms with E-state index in [1.165, 1.54) is 0 Å². The van der Waals surface area contributed by atoms with E-state index >= 15 is 0 Å². The molecule has 2 aliphatic rings. The fourth-order valence-corrected chi connectivity index (χ4v) is 2.70. The minimum absolute atomic E-state index is 0.644. The highest BCUT2D eigenvalue weighted by atomic mass is 16.5. The summed E-state index contributed by atoms with van der Waals surface area (Å²) in [6.07, 6.45) is 0. The number of nitrogens with zero attached hydrogens (tertiary/aromatic N) is 2. The maximum atomic E-state index is 5.61. The van der Waals surface area contributed by atoms with Crippen molar-refractivity contribution in [3.05, 3.63) is 59.7 Å². The lowest BCUT2D eigenvalue weighted by molar-refractivity contribution is 0.348. The number of anilines is 2. The minimum Gasteiger partial charge on any atom is -0.475 e. The Morgan fingerprint density at radius 3 is 1.61 bits per heavy atom. The molecular weight excluding hydrogens is 290 g/mol. The second kappa shape index (κ2) is 6.12. The van der Waals surface area contributed by atoms with E-state index in [4.69, 9.17) is 9.47 Å². The average molecular weight is 307 g/mol. The largest absolute Gasteiger partial charge is 0.475 e. The number of rotatable bonds is 4. The molecule has 0 saturated carbocycles. The first-order valence-electron chi connectivity index (χ1n) is 7.72. The zero-order valence-electron chi connectivity index (χ0n) is 12.7. The lowest BCUT2D eigenvalue weighted by Gasteiger charge is -2.15. The van der Waals surface area contributed by atoms with Crippen molar-refractivity contribution >= 4 is 23.2 Å². The molecule has 2 aliphatic heterocycles. The van der Waals surface area contributed by atoms with Crippen molar-refractivity contribution in [2.24, 2.45) is 9.98 Å². The Morgan fingerprint density at radius 2 is 1.17 bits per heavy atom. The molecule has 0 saturated heterocycles. The Hall–Kier alpha value is -2.82. The maximum absolute atomic E-state index is 5.61. The van der Waals surface area contributed by atoms with Gasteiger partial charge in [0.25, 0.3) is 0 Å². The lowest BCUT2D eigenvalue weighted by atomic mass is 10.1. The van der Waals surface area contributed by atoms with Gasteiger partial charge in [0.1, 0.15) is 13.2 Å². The van der Waals surface area contributed by atoms with E-state index in [0.29, 0.717) is 38.1 Å². The van der Waals surface area contributed by atoms with E-state index in [1.807, 2.05) is 48.5 Å². The first kappa shape index (κ1) is 13.8. The topological polar surface area (TPSA) is 55.2 Å². The molecule has 0 aromatic heterocycles. The van der Waals surface area contributed by atoms with Crippen LogP contribution in [0.15, 0.2) is 58.5 Å². The van der Waals surface area contributed by atoms with Gasteiger partial charge >= 0.3 is 0 Å². The van der Waals surface area contributed by atoms with Crippen LogP contribution in [0.1, 0.15) is 11.1 Å². The summed E-state index contributed by atoms with van der Waals surface area (Å²) in [5.41, 5.74) is 3.85. The molecule has 2 aromatic rings. The Labute approximate surface area is 134 Å². The van der Waals surface area contributed by atoms with Gasteiger partial charge in [0.05, 0.1) is 35.6 Å². The summed E-state index contributed by atoms with van der Waals surface area (Å²) in [5.74, 6) is 1.39. The van der Waals surface area contributed by atoms with Gasteiger partial charge in [0.2, 0.25) is 11.8 Å². The van der Waals surface area contributed by atoms with Crippen LogP contribution in [0, 0.1) is 0 Å². The van der Waals surface area contributed by atoms with Gasteiger partial charge in [-0.3, -0.25) is 0 Å². The Morgan fingerprint density at radius 1 is 0.696 bits per heavy atom. The molecule has 23 heavy (non-hydrogen) atoms. The normalized spacial score (nSPS) is 16.3. The third-order valence-electron chi connectivity index (χ3n) is 3.76. The molecule has 0 radical (unpaired) electrons. The molecule has 0 unspecified atom stereocenters. The molecule has 5 heteroatoms. The fourth-order valence-electron chi connectivity index (χ4n) is 2.70. The van der Waals surface area contributed by atoms with Gasteiger partial charge in [-0.25, -0.2) is 9.98 Å². The minimum atomic E-state index is 0.644. The van der Waals surface area contributed by atoms with Gasteiger partial charge < -0.3 is 14.8 Å². The molecule has 0 bridgehead atoms. The Kier molecular flexibility index (Phi) is 3.68. The molecule has 1 N–H and O–H groups in total. The van der Waals surface area contributed by atoms with E-state index in [2.05, 4.69) is 15.3 Å². The number of benzene rings is 2. The molecule has 2 heterocycles. The number of ether oxygens (including phenoxy) is 2. The van der Waals surface area contributed by atoms with Gasteiger partial charge in [-0.2, -0.15) is 0 Å². The molecule has 4 rings (SSSR count). The predicted molar refractivity (Wildman–Crippen MR) is 90.9 cm³/mol. The van der Waals surface area contributed by atoms with Crippen molar-refractivity contribution in [1.29, 1.82) is 0 Å². The fraction of sp³-hybridized carbons (Fsp3) is 0.222. The van der Waals surface area contributed by atoms with Crippen molar-refractivity contribution in [2.75, 3.05) is 31.6 Å². The smallest absolute Gasteiger partial charge is 0.218 e. The predicted octanol–water partition coefficient (Wildman–Crippen LogP) is 2.98. The van der Waals surface area contributed by atoms with Crippen LogP contribution in [0.5, 0.6) is 0 Å². The highest BCUT2D eigenvalue weighted by Crippen LogP contribution is 2.26. The quantitative estimate of drug-likeness (QED) is 0.944. The van der Waals surface area contributed by atoms with Gasteiger partial charge in [-0.1, -0.05) is 24.3 Å².